The Balaban J connectivity index is 2.04. The summed E-state index contributed by atoms with van der Waals surface area (Å²) in [7, 11) is 0. The molecule has 4 heteroatoms. The largest absolute Gasteiger partial charge is 0.330 e. The van der Waals surface area contributed by atoms with Crippen molar-refractivity contribution in [1.82, 2.24) is 0 Å². The summed E-state index contributed by atoms with van der Waals surface area (Å²) in [5.41, 5.74) is 7.14. The zero-order valence-corrected chi connectivity index (χ0v) is 13.1. The number of rotatable bonds is 5. The van der Waals surface area contributed by atoms with Crippen LogP contribution in [0.5, 0.6) is 0 Å². The van der Waals surface area contributed by atoms with Crippen molar-refractivity contribution in [2.75, 3.05) is 6.54 Å². The molecule has 1 aromatic carbocycles. The van der Waals surface area contributed by atoms with Gasteiger partial charge in [-0.25, -0.2) is 0 Å². The Morgan fingerprint density at radius 2 is 2.11 bits per heavy atom. The van der Waals surface area contributed by atoms with Gasteiger partial charge >= 0.3 is 0 Å². The van der Waals surface area contributed by atoms with E-state index in [1.807, 2.05) is 18.2 Å². The molecular formula is C14H15BrClNS. The van der Waals surface area contributed by atoms with E-state index >= 15 is 0 Å². The third-order valence-corrected chi connectivity index (χ3v) is 5.10. The summed E-state index contributed by atoms with van der Waals surface area (Å²) in [5, 5.41) is 2.90. The van der Waals surface area contributed by atoms with Gasteiger partial charge in [0.05, 0.1) is 0 Å². The van der Waals surface area contributed by atoms with Crippen molar-refractivity contribution in [3.63, 3.8) is 0 Å². The lowest BCUT2D eigenvalue weighted by molar-refractivity contribution is 0.537. The van der Waals surface area contributed by atoms with E-state index in [1.165, 1.54) is 14.9 Å². The second-order valence-electron chi connectivity index (χ2n) is 4.33. The first-order valence-corrected chi connectivity index (χ1v) is 7.90. The van der Waals surface area contributed by atoms with Crippen LogP contribution in [0.2, 0.25) is 5.02 Å². The van der Waals surface area contributed by atoms with Crippen molar-refractivity contribution in [1.29, 1.82) is 0 Å². The third kappa shape index (κ3) is 3.82. The van der Waals surface area contributed by atoms with Crippen molar-refractivity contribution in [3.05, 3.63) is 55.6 Å². The minimum atomic E-state index is 0.457. The van der Waals surface area contributed by atoms with Gasteiger partial charge in [-0.3, -0.25) is 0 Å². The molecule has 1 heterocycles. The molecule has 2 rings (SSSR count). The monoisotopic (exact) mass is 343 g/mol. The van der Waals surface area contributed by atoms with Crippen LogP contribution in [0.15, 0.2) is 40.2 Å². The highest BCUT2D eigenvalue weighted by molar-refractivity contribution is 9.10. The zero-order valence-electron chi connectivity index (χ0n) is 9.90. The van der Waals surface area contributed by atoms with Crippen LogP contribution in [-0.4, -0.2) is 6.54 Å². The van der Waals surface area contributed by atoms with Crippen molar-refractivity contribution in [3.8, 4) is 0 Å². The summed E-state index contributed by atoms with van der Waals surface area (Å²) in [6.45, 7) is 0.691. The van der Waals surface area contributed by atoms with E-state index in [9.17, 15) is 0 Å². The van der Waals surface area contributed by atoms with Gasteiger partial charge in [0.15, 0.2) is 0 Å². The molecule has 1 aromatic heterocycles. The molecule has 0 aliphatic rings. The standard InChI is InChI=1S/C14H15BrClNS/c15-13-4-5-18-14(13)8-11(9-17)6-10-2-1-3-12(16)7-10/h1-5,7,11H,6,8-9,17H2. The Hall–Kier alpha value is -0.350. The fraction of sp³-hybridized carbons (Fsp3) is 0.286. The number of benzene rings is 1. The summed E-state index contributed by atoms with van der Waals surface area (Å²) in [6, 6.07) is 10.1. The molecule has 0 fully saturated rings. The van der Waals surface area contributed by atoms with Crippen LogP contribution in [0.1, 0.15) is 10.4 Å². The van der Waals surface area contributed by atoms with Crippen molar-refractivity contribution in [2.45, 2.75) is 12.8 Å². The molecule has 18 heavy (non-hydrogen) atoms. The van der Waals surface area contributed by atoms with Gasteiger partial charge < -0.3 is 5.73 Å². The summed E-state index contributed by atoms with van der Waals surface area (Å²) in [4.78, 5) is 1.37. The number of hydrogen-bond donors (Lipinski definition) is 1. The molecule has 0 aliphatic carbocycles. The highest BCUT2D eigenvalue weighted by Crippen LogP contribution is 2.26. The van der Waals surface area contributed by atoms with Gasteiger partial charge in [-0.15, -0.1) is 11.3 Å². The maximum atomic E-state index is 6.00. The Bertz CT molecular complexity index is 512. The quantitative estimate of drug-likeness (QED) is 0.847. The van der Waals surface area contributed by atoms with Crippen molar-refractivity contribution < 1.29 is 0 Å². The Labute approximate surface area is 125 Å². The van der Waals surface area contributed by atoms with E-state index in [4.69, 9.17) is 17.3 Å². The fourth-order valence-corrected chi connectivity index (χ4v) is 3.81. The van der Waals surface area contributed by atoms with Crippen LogP contribution in [0.3, 0.4) is 0 Å². The molecule has 2 aromatic rings. The predicted octanol–water partition coefficient (Wildman–Crippen LogP) is 4.52. The highest BCUT2D eigenvalue weighted by atomic mass is 79.9. The molecule has 1 unspecified atom stereocenters. The molecule has 0 radical (unpaired) electrons. The number of halogens is 2. The number of thiophene rings is 1. The van der Waals surface area contributed by atoms with E-state index in [0.29, 0.717) is 12.5 Å². The van der Waals surface area contributed by atoms with E-state index in [1.54, 1.807) is 11.3 Å². The topological polar surface area (TPSA) is 26.0 Å². The minimum Gasteiger partial charge on any atom is -0.330 e. The van der Waals surface area contributed by atoms with Crippen molar-refractivity contribution in [2.24, 2.45) is 11.7 Å². The van der Waals surface area contributed by atoms with Gasteiger partial charge in [0.2, 0.25) is 0 Å². The lowest BCUT2D eigenvalue weighted by atomic mass is 9.96. The predicted molar refractivity (Wildman–Crippen MR) is 83.4 cm³/mol. The highest BCUT2D eigenvalue weighted by Gasteiger charge is 2.12. The van der Waals surface area contributed by atoms with E-state index in [0.717, 1.165) is 17.9 Å². The summed E-state index contributed by atoms with van der Waals surface area (Å²) in [5.74, 6) is 0.457. The first kappa shape index (κ1) is 14.1. The van der Waals surface area contributed by atoms with Gasteiger partial charge in [-0.2, -0.15) is 0 Å². The van der Waals surface area contributed by atoms with Gasteiger partial charge in [-0.05, 0) is 70.4 Å². The molecule has 0 spiro atoms. The number of hydrogen-bond acceptors (Lipinski definition) is 2. The molecular weight excluding hydrogens is 330 g/mol. The second-order valence-corrected chi connectivity index (χ2v) is 6.62. The molecule has 0 saturated heterocycles. The zero-order chi connectivity index (χ0) is 13.0. The first-order valence-electron chi connectivity index (χ1n) is 5.85. The third-order valence-electron chi connectivity index (χ3n) is 2.91. The van der Waals surface area contributed by atoms with Crippen LogP contribution in [0.25, 0.3) is 0 Å². The van der Waals surface area contributed by atoms with Crippen LogP contribution in [0, 0.1) is 5.92 Å². The SMILES string of the molecule is NCC(Cc1cccc(Cl)c1)Cc1sccc1Br. The smallest absolute Gasteiger partial charge is 0.0408 e. The summed E-state index contributed by atoms with van der Waals surface area (Å²) >= 11 is 11.4. The first-order chi connectivity index (χ1) is 8.69. The normalized spacial score (nSPS) is 12.6. The fourth-order valence-electron chi connectivity index (χ4n) is 1.97. The maximum absolute atomic E-state index is 6.00. The van der Waals surface area contributed by atoms with E-state index in [-0.39, 0.29) is 0 Å². The van der Waals surface area contributed by atoms with Crippen LogP contribution in [0.4, 0.5) is 0 Å². The van der Waals surface area contributed by atoms with Crippen LogP contribution < -0.4 is 5.73 Å². The molecule has 0 aliphatic heterocycles. The Morgan fingerprint density at radius 3 is 2.72 bits per heavy atom. The summed E-state index contributed by atoms with van der Waals surface area (Å²) in [6.07, 6.45) is 1.99. The second kappa shape index (κ2) is 6.71. The van der Waals surface area contributed by atoms with Gasteiger partial charge in [0.25, 0.3) is 0 Å². The molecule has 1 nitrogen and oxygen atoms in total. The molecule has 0 amide bonds. The molecule has 0 saturated carbocycles. The van der Waals surface area contributed by atoms with Gasteiger partial charge in [0, 0.05) is 14.4 Å². The molecule has 2 N–H and O–H groups in total. The Kier molecular flexibility index (Phi) is 5.25. The average molecular weight is 345 g/mol. The number of nitrogens with two attached hydrogens (primary N) is 1. The minimum absolute atomic E-state index is 0.457. The lowest BCUT2D eigenvalue weighted by Gasteiger charge is -2.14. The van der Waals surface area contributed by atoms with Crippen molar-refractivity contribution >= 4 is 38.9 Å². The van der Waals surface area contributed by atoms with Gasteiger partial charge in [-0.1, -0.05) is 23.7 Å². The van der Waals surface area contributed by atoms with Crippen LogP contribution >= 0.6 is 38.9 Å². The summed E-state index contributed by atoms with van der Waals surface area (Å²) < 4.78 is 1.19. The maximum Gasteiger partial charge on any atom is 0.0408 e. The van der Waals surface area contributed by atoms with Gasteiger partial charge in [0.1, 0.15) is 0 Å². The Morgan fingerprint density at radius 1 is 1.28 bits per heavy atom. The molecule has 96 valence electrons. The van der Waals surface area contributed by atoms with E-state index in [2.05, 4.69) is 33.4 Å². The van der Waals surface area contributed by atoms with E-state index < -0.39 is 0 Å². The van der Waals surface area contributed by atoms with Crippen LogP contribution in [-0.2, 0) is 12.8 Å². The average Bonchev–Trinajstić information content (AvgIpc) is 2.74. The molecule has 0 bridgehead atoms. The lowest BCUT2D eigenvalue weighted by Crippen LogP contribution is -2.19. The molecule has 1 atom stereocenters.